The fraction of sp³-hybridized carbons (Fsp3) is 0.316. The Kier molecular flexibility index (Phi) is 6.59. The molecule has 2 aromatic carbocycles. The van der Waals surface area contributed by atoms with E-state index in [-0.39, 0.29) is 16.3 Å². The Morgan fingerprint density at radius 1 is 1.03 bits per heavy atom. The minimum absolute atomic E-state index is 0.0110. The molecule has 6 nitrogen and oxygen atoms in total. The molecule has 0 atom stereocenters. The number of halogens is 3. The largest absolute Gasteiger partial charge is 0.484 e. The van der Waals surface area contributed by atoms with Gasteiger partial charge in [-0.15, -0.1) is 0 Å². The highest BCUT2D eigenvalue weighted by molar-refractivity contribution is 7.89. The highest BCUT2D eigenvalue weighted by Crippen LogP contribution is 2.30. The van der Waals surface area contributed by atoms with Gasteiger partial charge in [-0.25, -0.2) is 13.1 Å². The van der Waals surface area contributed by atoms with Gasteiger partial charge in [-0.3, -0.25) is 4.79 Å². The molecule has 0 unspecified atom stereocenters. The van der Waals surface area contributed by atoms with E-state index in [4.69, 9.17) is 4.74 Å². The van der Waals surface area contributed by atoms with Gasteiger partial charge in [0.2, 0.25) is 10.0 Å². The van der Waals surface area contributed by atoms with Gasteiger partial charge >= 0.3 is 6.18 Å². The van der Waals surface area contributed by atoms with Gasteiger partial charge in [0.25, 0.3) is 5.91 Å². The van der Waals surface area contributed by atoms with Crippen molar-refractivity contribution in [3.63, 3.8) is 0 Å². The Morgan fingerprint density at radius 3 is 2.21 bits per heavy atom. The summed E-state index contributed by atoms with van der Waals surface area (Å²) >= 11 is 0. The predicted molar refractivity (Wildman–Crippen MR) is 102 cm³/mol. The standard InChI is InChI=1S/C19H21F3N2O4S/c1-18(2,3)24-29(26,27)16-9-7-15(8-10-16)28-12-17(25)23-14-6-4-5-13(11-14)19(20,21)22/h4-11,24H,12H2,1-3H3,(H,23,25). The van der Waals surface area contributed by atoms with Crippen LogP contribution < -0.4 is 14.8 Å². The summed E-state index contributed by atoms with van der Waals surface area (Å²) in [5.41, 5.74) is -1.53. The van der Waals surface area contributed by atoms with Crippen molar-refractivity contribution < 1.29 is 31.1 Å². The van der Waals surface area contributed by atoms with Crippen molar-refractivity contribution in [3.05, 3.63) is 54.1 Å². The molecule has 2 rings (SSSR count). The van der Waals surface area contributed by atoms with Gasteiger partial charge in [0.1, 0.15) is 5.75 Å². The summed E-state index contributed by atoms with van der Waals surface area (Å²) in [6.45, 7) is 4.68. The van der Waals surface area contributed by atoms with Crippen molar-refractivity contribution in [2.75, 3.05) is 11.9 Å². The first kappa shape index (κ1) is 22.7. The molecule has 1 amide bonds. The molecule has 0 aliphatic carbocycles. The van der Waals surface area contributed by atoms with Crippen LogP contribution in [0.15, 0.2) is 53.4 Å². The number of benzene rings is 2. The Labute approximate surface area is 167 Å². The van der Waals surface area contributed by atoms with Crippen LogP contribution in [0.3, 0.4) is 0 Å². The maximum atomic E-state index is 12.7. The molecule has 0 aromatic heterocycles. The summed E-state index contributed by atoms with van der Waals surface area (Å²) in [6, 6.07) is 9.65. The normalized spacial score (nSPS) is 12.5. The molecule has 0 heterocycles. The van der Waals surface area contributed by atoms with Crippen molar-refractivity contribution in [1.29, 1.82) is 0 Å². The van der Waals surface area contributed by atoms with Crippen LogP contribution >= 0.6 is 0 Å². The molecule has 10 heteroatoms. The second-order valence-corrected chi connectivity index (χ2v) is 8.92. The molecule has 0 saturated carbocycles. The second kappa shape index (κ2) is 8.42. The third-order valence-corrected chi connectivity index (χ3v) is 5.19. The first-order valence-corrected chi connectivity index (χ1v) is 9.98. The summed E-state index contributed by atoms with van der Waals surface area (Å²) < 4.78 is 70.3. The smallest absolute Gasteiger partial charge is 0.416 e. The van der Waals surface area contributed by atoms with E-state index >= 15 is 0 Å². The molecular formula is C19H21F3N2O4S. The molecule has 0 radical (unpaired) electrons. The first-order valence-electron chi connectivity index (χ1n) is 8.50. The first-order chi connectivity index (χ1) is 13.3. The Bertz CT molecular complexity index is 966. The SMILES string of the molecule is CC(C)(C)NS(=O)(=O)c1ccc(OCC(=O)Nc2cccc(C(F)(F)F)c2)cc1. The second-order valence-electron chi connectivity index (χ2n) is 7.24. The molecule has 0 aliphatic rings. The minimum Gasteiger partial charge on any atom is -0.484 e. The third-order valence-electron chi connectivity index (χ3n) is 3.42. The number of hydrogen-bond donors (Lipinski definition) is 2. The lowest BCUT2D eigenvalue weighted by Crippen LogP contribution is -2.40. The number of amides is 1. The number of carbonyl (C=O) groups excluding carboxylic acids is 1. The monoisotopic (exact) mass is 430 g/mol. The zero-order valence-corrected chi connectivity index (χ0v) is 16.8. The summed E-state index contributed by atoms with van der Waals surface area (Å²) in [5, 5.41) is 2.32. The highest BCUT2D eigenvalue weighted by atomic mass is 32.2. The molecule has 158 valence electrons. The molecule has 0 saturated heterocycles. The van der Waals surface area contributed by atoms with Crippen LogP contribution in [0.25, 0.3) is 0 Å². The van der Waals surface area contributed by atoms with E-state index in [1.54, 1.807) is 20.8 Å². The fourth-order valence-electron chi connectivity index (χ4n) is 2.30. The molecule has 29 heavy (non-hydrogen) atoms. The number of alkyl halides is 3. The Balaban J connectivity index is 1.96. The fourth-order valence-corrected chi connectivity index (χ4v) is 3.71. The highest BCUT2D eigenvalue weighted by Gasteiger charge is 2.30. The molecule has 2 N–H and O–H groups in total. The van der Waals surface area contributed by atoms with Crippen LogP contribution in [0.4, 0.5) is 18.9 Å². The van der Waals surface area contributed by atoms with Crippen LogP contribution in [0, 0.1) is 0 Å². The Hall–Kier alpha value is -2.59. The summed E-state index contributed by atoms with van der Waals surface area (Å²) in [7, 11) is -3.70. The van der Waals surface area contributed by atoms with Gasteiger partial charge in [-0.2, -0.15) is 13.2 Å². The molecule has 0 fully saturated rings. The number of ether oxygens (including phenoxy) is 1. The predicted octanol–water partition coefficient (Wildman–Crippen LogP) is 3.80. The quantitative estimate of drug-likeness (QED) is 0.730. The molecule has 0 spiro atoms. The van der Waals surface area contributed by atoms with Crippen molar-refractivity contribution in [3.8, 4) is 5.75 Å². The molecular weight excluding hydrogens is 409 g/mol. The number of carbonyl (C=O) groups is 1. The van der Waals surface area contributed by atoms with Gasteiger partial charge in [0, 0.05) is 11.2 Å². The molecule has 0 bridgehead atoms. The van der Waals surface area contributed by atoms with E-state index in [2.05, 4.69) is 10.0 Å². The molecule has 2 aromatic rings. The lowest BCUT2D eigenvalue weighted by atomic mass is 10.1. The maximum absolute atomic E-state index is 12.7. The van der Waals surface area contributed by atoms with Crippen molar-refractivity contribution in [1.82, 2.24) is 4.72 Å². The van der Waals surface area contributed by atoms with Gasteiger partial charge in [0.05, 0.1) is 10.5 Å². The lowest BCUT2D eigenvalue weighted by molar-refractivity contribution is -0.137. The number of sulfonamides is 1. The Morgan fingerprint density at radius 2 is 1.66 bits per heavy atom. The van der Waals surface area contributed by atoms with E-state index in [1.165, 1.54) is 36.4 Å². The third kappa shape index (κ3) is 7.06. The van der Waals surface area contributed by atoms with Gasteiger partial charge in [-0.1, -0.05) is 6.07 Å². The van der Waals surface area contributed by atoms with Gasteiger partial charge in [-0.05, 0) is 63.2 Å². The zero-order valence-electron chi connectivity index (χ0n) is 16.0. The van der Waals surface area contributed by atoms with Gasteiger partial charge in [0.15, 0.2) is 6.61 Å². The van der Waals surface area contributed by atoms with E-state index in [1.807, 2.05) is 0 Å². The summed E-state index contributed by atoms with van der Waals surface area (Å²) in [5.74, 6) is -0.422. The topological polar surface area (TPSA) is 84.5 Å². The number of rotatable bonds is 6. The van der Waals surface area contributed by atoms with Crippen LogP contribution in [-0.4, -0.2) is 26.5 Å². The number of anilines is 1. The van der Waals surface area contributed by atoms with E-state index in [0.29, 0.717) is 0 Å². The van der Waals surface area contributed by atoms with Crippen molar-refractivity contribution in [2.45, 2.75) is 37.4 Å². The van der Waals surface area contributed by atoms with E-state index in [9.17, 15) is 26.4 Å². The van der Waals surface area contributed by atoms with Gasteiger partial charge < -0.3 is 10.1 Å². The average molecular weight is 430 g/mol. The minimum atomic E-state index is -4.51. The van der Waals surface area contributed by atoms with Crippen molar-refractivity contribution >= 4 is 21.6 Å². The lowest BCUT2D eigenvalue weighted by Gasteiger charge is -2.20. The zero-order chi connectivity index (χ0) is 21.9. The number of hydrogen-bond acceptors (Lipinski definition) is 4. The summed E-state index contributed by atoms with van der Waals surface area (Å²) in [4.78, 5) is 11.9. The van der Waals surface area contributed by atoms with Crippen LogP contribution in [-0.2, 0) is 21.0 Å². The van der Waals surface area contributed by atoms with Crippen LogP contribution in [0.5, 0.6) is 5.75 Å². The van der Waals surface area contributed by atoms with Crippen LogP contribution in [0.1, 0.15) is 26.3 Å². The average Bonchev–Trinajstić information content (AvgIpc) is 2.58. The van der Waals surface area contributed by atoms with Crippen LogP contribution in [0.2, 0.25) is 0 Å². The summed E-state index contributed by atoms with van der Waals surface area (Å²) in [6.07, 6.45) is -4.51. The molecule has 0 aliphatic heterocycles. The van der Waals surface area contributed by atoms with E-state index < -0.39 is 39.8 Å². The van der Waals surface area contributed by atoms with E-state index in [0.717, 1.165) is 12.1 Å². The number of nitrogens with one attached hydrogen (secondary N) is 2. The van der Waals surface area contributed by atoms with Crippen molar-refractivity contribution in [2.24, 2.45) is 0 Å². The maximum Gasteiger partial charge on any atom is 0.416 e.